The lowest BCUT2D eigenvalue weighted by molar-refractivity contribution is -0.130. The molecule has 3 rings (SSSR count). The molecule has 1 saturated heterocycles. The molecule has 0 spiro atoms. The summed E-state index contributed by atoms with van der Waals surface area (Å²) in [7, 11) is 1.69. The molecule has 0 aromatic carbocycles. The Morgan fingerprint density at radius 3 is 2.52 bits per heavy atom. The number of amides is 1. The monoisotopic (exact) mass is 341 g/mol. The molecule has 2 aromatic heterocycles. The van der Waals surface area contributed by atoms with Crippen LogP contribution < -0.4 is 10.5 Å². The van der Waals surface area contributed by atoms with E-state index in [0.29, 0.717) is 30.2 Å². The van der Waals surface area contributed by atoms with Crippen molar-refractivity contribution >= 4 is 11.7 Å². The average Bonchev–Trinajstić information content (AvgIpc) is 2.65. The number of aromatic nitrogens is 3. The number of piperazine rings is 1. The van der Waals surface area contributed by atoms with Gasteiger partial charge in [0.05, 0.1) is 12.1 Å². The van der Waals surface area contributed by atoms with Crippen molar-refractivity contribution in [2.75, 3.05) is 31.1 Å². The van der Waals surface area contributed by atoms with E-state index < -0.39 is 0 Å². The van der Waals surface area contributed by atoms with Gasteiger partial charge in [0.2, 0.25) is 5.91 Å². The zero-order valence-electron chi connectivity index (χ0n) is 14.9. The summed E-state index contributed by atoms with van der Waals surface area (Å²) in [6, 6.07) is 5.84. The molecule has 2 aromatic rings. The van der Waals surface area contributed by atoms with Crippen LogP contribution in [-0.2, 0) is 18.3 Å². The Hall–Kier alpha value is -2.70. The molecule has 0 radical (unpaired) electrons. The number of rotatable bonds is 3. The fourth-order valence-corrected chi connectivity index (χ4v) is 3.03. The van der Waals surface area contributed by atoms with Gasteiger partial charge in [-0.2, -0.15) is 0 Å². The van der Waals surface area contributed by atoms with Crippen molar-refractivity contribution in [1.29, 1.82) is 0 Å². The lowest BCUT2D eigenvalue weighted by Gasteiger charge is -2.35. The van der Waals surface area contributed by atoms with E-state index in [1.165, 1.54) is 4.57 Å². The number of carbonyl (C=O) groups excluding carboxylic acids is 1. The van der Waals surface area contributed by atoms with Gasteiger partial charge in [0.15, 0.2) is 0 Å². The second kappa shape index (κ2) is 7.04. The van der Waals surface area contributed by atoms with Gasteiger partial charge in [0, 0.05) is 45.0 Å². The minimum atomic E-state index is -0.0877. The highest BCUT2D eigenvalue weighted by atomic mass is 16.2. The number of hydrogen-bond acceptors (Lipinski definition) is 5. The van der Waals surface area contributed by atoms with Crippen LogP contribution in [0.4, 0.5) is 5.82 Å². The number of aryl methyl sites for hydroxylation is 1. The Morgan fingerprint density at radius 2 is 1.88 bits per heavy atom. The molecule has 1 aliphatic rings. The molecule has 1 aliphatic heterocycles. The highest BCUT2D eigenvalue weighted by Gasteiger charge is 2.23. The lowest BCUT2D eigenvalue weighted by Crippen LogP contribution is -2.49. The topological polar surface area (TPSA) is 71.3 Å². The van der Waals surface area contributed by atoms with E-state index in [1.807, 2.05) is 23.1 Å². The highest BCUT2D eigenvalue weighted by molar-refractivity contribution is 5.79. The zero-order valence-corrected chi connectivity index (χ0v) is 14.9. The third kappa shape index (κ3) is 3.55. The number of hydrogen-bond donors (Lipinski definition) is 0. The maximum Gasteiger partial charge on any atom is 0.256 e. The van der Waals surface area contributed by atoms with Crippen LogP contribution in [-0.4, -0.2) is 51.5 Å². The lowest BCUT2D eigenvalue weighted by atomic mass is 10.1. The molecule has 0 aliphatic carbocycles. The molecule has 3 heterocycles. The number of anilines is 1. The summed E-state index contributed by atoms with van der Waals surface area (Å²) in [5.41, 5.74) is 1.04. The summed E-state index contributed by atoms with van der Waals surface area (Å²) >= 11 is 0. The normalized spacial score (nSPS) is 14.7. The molecule has 7 heteroatoms. The van der Waals surface area contributed by atoms with E-state index in [4.69, 9.17) is 0 Å². The van der Waals surface area contributed by atoms with E-state index in [0.717, 1.165) is 18.9 Å². The largest absolute Gasteiger partial charge is 0.353 e. The second-order valence-corrected chi connectivity index (χ2v) is 6.33. The van der Waals surface area contributed by atoms with Crippen molar-refractivity contribution in [3.63, 3.8) is 0 Å². The molecule has 7 nitrogen and oxygen atoms in total. The van der Waals surface area contributed by atoms with Crippen molar-refractivity contribution in [3.8, 4) is 0 Å². The molecule has 25 heavy (non-hydrogen) atoms. The molecular weight excluding hydrogens is 318 g/mol. The van der Waals surface area contributed by atoms with Crippen molar-refractivity contribution in [2.24, 2.45) is 7.05 Å². The van der Waals surface area contributed by atoms with Crippen molar-refractivity contribution < 1.29 is 4.79 Å². The van der Waals surface area contributed by atoms with Gasteiger partial charge in [-0.3, -0.25) is 14.2 Å². The number of carbonyl (C=O) groups is 1. The first-order valence-electron chi connectivity index (χ1n) is 8.44. The van der Waals surface area contributed by atoms with Crippen LogP contribution >= 0.6 is 0 Å². The molecule has 0 N–H and O–H groups in total. The first-order chi connectivity index (χ1) is 12.0. The standard InChI is InChI=1S/C18H23N5O2/c1-13-15(20-14(2)21(3)18(13)25)12-17(24)23-10-8-22(9-11-23)16-6-4-5-7-19-16/h4-7H,8-12H2,1-3H3. The first kappa shape index (κ1) is 17.1. The second-order valence-electron chi connectivity index (χ2n) is 6.33. The minimum absolute atomic E-state index is 0.0175. The first-order valence-corrected chi connectivity index (χ1v) is 8.44. The molecule has 1 fully saturated rings. The zero-order chi connectivity index (χ0) is 18.0. The Balaban J connectivity index is 1.65. The van der Waals surface area contributed by atoms with Gasteiger partial charge in [-0.25, -0.2) is 9.97 Å². The van der Waals surface area contributed by atoms with E-state index in [9.17, 15) is 9.59 Å². The van der Waals surface area contributed by atoms with Crippen molar-refractivity contribution in [1.82, 2.24) is 19.4 Å². The van der Waals surface area contributed by atoms with Gasteiger partial charge in [0.25, 0.3) is 5.56 Å². The maximum atomic E-state index is 12.6. The number of pyridine rings is 1. The number of nitrogens with zero attached hydrogens (tertiary/aromatic N) is 5. The van der Waals surface area contributed by atoms with Gasteiger partial charge in [0.1, 0.15) is 11.6 Å². The fraction of sp³-hybridized carbons (Fsp3) is 0.444. The fourth-order valence-electron chi connectivity index (χ4n) is 3.03. The summed E-state index contributed by atoms with van der Waals surface area (Å²) in [5, 5.41) is 0. The molecule has 0 atom stereocenters. The molecular formula is C18H23N5O2. The van der Waals surface area contributed by atoms with Crippen LogP contribution in [0, 0.1) is 13.8 Å². The van der Waals surface area contributed by atoms with Crippen LogP contribution in [0.15, 0.2) is 29.2 Å². The molecule has 0 unspecified atom stereocenters. The molecule has 1 amide bonds. The average molecular weight is 341 g/mol. The molecule has 0 saturated carbocycles. The smallest absolute Gasteiger partial charge is 0.256 e. The van der Waals surface area contributed by atoms with Gasteiger partial charge in [-0.15, -0.1) is 0 Å². The summed E-state index contributed by atoms with van der Waals surface area (Å²) in [5.74, 6) is 1.58. The minimum Gasteiger partial charge on any atom is -0.353 e. The van der Waals surface area contributed by atoms with Gasteiger partial charge in [-0.1, -0.05) is 6.07 Å². The predicted molar refractivity (Wildman–Crippen MR) is 95.7 cm³/mol. The quantitative estimate of drug-likeness (QED) is 0.821. The predicted octanol–water partition coefficient (Wildman–Crippen LogP) is 0.683. The van der Waals surface area contributed by atoms with Gasteiger partial charge in [-0.05, 0) is 26.0 Å². The summed E-state index contributed by atoms with van der Waals surface area (Å²) in [4.78, 5) is 37.6. The third-order valence-electron chi connectivity index (χ3n) is 4.76. The Labute approximate surface area is 146 Å². The van der Waals surface area contributed by atoms with E-state index >= 15 is 0 Å². The maximum absolute atomic E-state index is 12.6. The van der Waals surface area contributed by atoms with E-state index in [1.54, 1.807) is 27.1 Å². The van der Waals surface area contributed by atoms with Crippen LogP contribution in [0.5, 0.6) is 0 Å². The Bertz CT molecular complexity index is 823. The summed E-state index contributed by atoms with van der Waals surface area (Å²) in [6.07, 6.45) is 1.95. The van der Waals surface area contributed by atoms with Crippen LogP contribution in [0.3, 0.4) is 0 Å². The highest BCUT2D eigenvalue weighted by Crippen LogP contribution is 2.13. The molecule has 0 bridgehead atoms. The Morgan fingerprint density at radius 1 is 1.16 bits per heavy atom. The van der Waals surface area contributed by atoms with Crippen molar-refractivity contribution in [2.45, 2.75) is 20.3 Å². The SMILES string of the molecule is Cc1c(CC(=O)N2CCN(c3ccccn3)CC2)nc(C)n(C)c1=O. The Kier molecular flexibility index (Phi) is 4.83. The van der Waals surface area contributed by atoms with E-state index in [-0.39, 0.29) is 17.9 Å². The van der Waals surface area contributed by atoms with E-state index in [2.05, 4.69) is 14.9 Å². The van der Waals surface area contributed by atoms with Gasteiger partial charge < -0.3 is 9.80 Å². The van der Waals surface area contributed by atoms with Gasteiger partial charge >= 0.3 is 0 Å². The van der Waals surface area contributed by atoms with Crippen LogP contribution in [0.1, 0.15) is 17.1 Å². The van der Waals surface area contributed by atoms with Crippen LogP contribution in [0.25, 0.3) is 0 Å². The third-order valence-corrected chi connectivity index (χ3v) is 4.76. The van der Waals surface area contributed by atoms with Crippen LogP contribution in [0.2, 0.25) is 0 Å². The molecule has 132 valence electrons. The van der Waals surface area contributed by atoms with Crippen molar-refractivity contribution in [3.05, 3.63) is 51.8 Å². The summed E-state index contributed by atoms with van der Waals surface area (Å²) in [6.45, 7) is 6.32. The summed E-state index contributed by atoms with van der Waals surface area (Å²) < 4.78 is 1.51.